The van der Waals surface area contributed by atoms with Crippen LogP contribution in [0.3, 0.4) is 0 Å². The summed E-state index contributed by atoms with van der Waals surface area (Å²) in [7, 11) is 0. The van der Waals surface area contributed by atoms with Crippen LogP contribution in [-0.2, 0) is 9.59 Å². The van der Waals surface area contributed by atoms with Crippen molar-refractivity contribution in [3.63, 3.8) is 0 Å². The first-order chi connectivity index (χ1) is 21.5. The van der Waals surface area contributed by atoms with Crippen molar-refractivity contribution in [1.29, 1.82) is 0 Å². The number of carbonyl (C=O) groups excluding carboxylic acids is 1. The molecule has 0 spiro atoms. The van der Waals surface area contributed by atoms with Crippen LogP contribution in [-0.4, -0.2) is 70.7 Å². The Morgan fingerprint density at radius 2 is 1.89 bits per heavy atom. The quantitative estimate of drug-likeness (QED) is 0.239. The minimum absolute atomic E-state index is 0.0797. The maximum atomic E-state index is 12.1. The molecule has 15 heteroatoms. The van der Waals surface area contributed by atoms with E-state index in [0.29, 0.717) is 35.8 Å². The van der Waals surface area contributed by atoms with Crippen molar-refractivity contribution in [1.82, 2.24) is 34.4 Å². The lowest BCUT2D eigenvalue weighted by molar-refractivity contribution is -0.192. The van der Waals surface area contributed by atoms with E-state index in [1.807, 2.05) is 55.6 Å². The molecule has 5 heterocycles. The molecule has 6 rings (SSSR count). The summed E-state index contributed by atoms with van der Waals surface area (Å²) in [6, 6.07) is 13.4. The van der Waals surface area contributed by atoms with E-state index in [9.17, 15) is 18.0 Å². The topological polar surface area (TPSA) is 148 Å². The largest absolute Gasteiger partial charge is 0.490 e. The summed E-state index contributed by atoms with van der Waals surface area (Å²) in [5.74, 6) is -0.831. The summed E-state index contributed by atoms with van der Waals surface area (Å²) in [5.41, 5.74) is 5.66. The van der Waals surface area contributed by atoms with Crippen LogP contribution in [0.4, 0.5) is 24.7 Å². The molecule has 0 saturated heterocycles. The molecule has 230 valence electrons. The highest BCUT2D eigenvalue weighted by atomic mass is 19.4. The van der Waals surface area contributed by atoms with Crippen LogP contribution in [0.15, 0.2) is 80.0 Å². The Balaban J connectivity index is 0.000000515. The van der Waals surface area contributed by atoms with Gasteiger partial charge in [-0.1, -0.05) is 12.7 Å². The molecule has 1 amide bonds. The van der Waals surface area contributed by atoms with Gasteiger partial charge in [-0.3, -0.25) is 4.79 Å². The second-order valence-corrected chi connectivity index (χ2v) is 9.70. The Kier molecular flexibility index (Phi) is 8.69. The minimum atomic E-state index is -5.08. The third-order valence-corrected chi connectivity index (χ3v) is 6.61. The standard InChI is InChI=1S/C28H24N8O2.C2HF3O2/c1-3-26(37)35-11-4-5-19(15-35)22-7-8-23-27(34-22)28(31-16-29-23)33-20-6-9-24(18(2)13-20)38-21-10-12-36-25(14-21)30-17-32-36;3-2(4,5)1(6)7/h3,5-10,12-14,16-17H,1,4,11,15H2,2H3,(H,29,31,33);(H,6,7). The number of fused-ring (bicyclic) bond motifs is 2. The molecule has 0 bridgehead atoms. The fraction of sp³-hybridized carbons (Fsp3) is 0.167. The van der Waals surface area contributed by atoms with Gasteiger partial charge in [-0.2, -0.15) is 18.3 Å². The number of nitrogens with one attached hydrogen (secondary N) is 1. The zero-order valence-corrected chi connectivity index (χ0v) is 23.7. The second kappa shape index (κ2) is 12.8. The van der Waals surface area contributed by atoms with Crippen LogP contribution < -0.4 is 10.1 Å². The van der Waals surface area contributed by atoms with Crippen molar-refractivity contribution in [3.8, 4) is 11.5 Å². The summed E-state index contributed by atoms with van der Waals surface area (Å²) in [6.07, 6.45) is 3.99. The molecule has 0 fully saturated rings. The number of halogens is 3. The molecule has 1 aliphatic heterocycles. The van der Waals surface area contributed by atoms with E-state index in [0.717, 1.165) is 40.2 Å². The number of aromatic nitrogens is 6. The van der Waals surface area contributed by atoms with Gasteiger partial charge < -0.3 is 20.1 Å². The third kappa shape index (κ3) is 7.21. The molecule has 0 radical (unpaired) electrons. The number of carboxylic acids is 1. The molecule has 5 aromatic rings. The summed E-state index contributed by atoms with van der Waals surface area (Å²) < 4.78 is 39.5. The first-order valence-corrected chi connectivity index (χ1v) is 13.4. The number of anilines is 2. The maximum Gasteiger partial charge on any atom is 0.490 e. The van der Waals surface area contributed by atoms with Gasteiger partial charge in [0.15, 0.2) is 11.5 Å². The third-order valence-electron chi connectivity index (χ3n) is 6.61. The number of aliphatic carboxylic acids is 1. The number of amides is 1. The SMILES string of the molecule is C=CC(=O)N1CCC=C(c2ccc3ncnc(Nc4ccc(Oc5ccn6ncnc6c5)c(C)c4)c3n2)C1.O=C(O)C(F)(F)F. The van der Waals surface area contributed by atoms with Crippen molar-refractivity contribution in [2.24, 2.45) is 0 Å². The molecule has 0 unspecified atom stereocenters. The van der Waals surface area contributed by atoms with E-state index in [4.69, 9.17) is 19.6 Å². The average molecular weight is 619 g/mol. The molecular formula is C30H25F3N8O4. The smallest absolute Gasteiger partial charge is 0.475 e. The van der Waals surface area contributed by atoms with E-state index in [2.05, 4.69) is 38.0 Å². The number of nitrogens with zero attached hydrogens (tertiary/aromatic N) is 7. The molecule has 1 aromatic carbocycles. The number of hydrogen-bond acceptors (Lipinski definition) is 9. The number of rotatable bonds is 6. The van der Waals surface area contributed by atoms with E-state index in [1.165, 1.54) is 18.7 Å². The van der Waals surface area contributed by atoms with E-state index < -0.39 is 12.1 Å². The molecule has 12 nitrogen and oxygen atoms in total. The maximum absolute atomic E-state index is 12.1. The number of carboxylic acid groups (broad SMARTS) is 1. The summed E-state index contributed by atoms with van der Waals surface area (Å²) in [6.45, 7) is 6.75. The van der Waals surface area contributed by atoms with Crippen molar-refractivity contribution in [2.45, 2.75) is 19.5 Å². The van der Waals surface area contributed by atoms with Gasteiger partial charge in [0.25, 0.3) is 0 Å². The Bertz CT molecular complexity index is 1940. The van der Waals surface area contributed by atoms with Crippen molar-refractivity contribution < 1.29 is 32.6 Å². The second-order valence-electron chi connectivity index (χ2n) is 9.70. The first kappa shape index (κ1) is 30.6. The molecule has 1 aliphatic rings. The molecule has 0 atom stereocenters. The summed E-state index contributed by atoms with van der Waals surface area (Å²) in [4.78, 5) is 40.7. The fourth-order valence-corrected chi connectivity index (χ4v) is 4.42. The number of benzene rings is 1. The van der Waals surface area contributed by atoms with Crippen LogP contribution in [0.1, 0.15) is 17.7 Å². The van der Waals surface area contributed by atoms with Gasteiger partial charge >= 0.3 is 12.1 Å². The molecule has 2 N–H and O–H groups in total. The average Bonchev–Trinajstić information content (AvgIpc) is 3.50. The monoisotopic (exact) mass is 618 g/mol. The van der Waals surface area contributed by atoms with Crippen molar-refractivity contribution in [3.05, 3.63) is 91.3 Å². The predicted octanol–water partition coefficient (Wildman–Crippen LogP) is 5.35. The predicted molar refractivity (Wildman–Crippen MR) is 158 cm³/mol. The van der Waals surface area contributed by atoms with Crippen LogP contribution >= 0.6 is 0 Å². The van der Waals surface area contributed by atoms with Crippen LogP contribution in [0, 0.1) is 6.92 Å². The highest BCUT2D eigenvalue weighted by Crippen LogP contribution is 2.30. The molecule has 45 heavy (non-hydrogen) atoms. The Hall–Kier alpha value is -5.86. The lowest BCUT2D eigenvalue weighted by Gasteiger charge is -2.26. The Labute approximate surface area is 253 Å². The van der Waals surface area contributed by atoms with Crippen molar-refractivity contribution in [2.75, 3.05) is 18.4 Å². The van der Waals surface area contributed by atoms with Gasteiger partial charge in [0.2, 0.25) is 5.91 Å². The summed E-state index contributed by atoms with van der Waals surface area (Å²) >= 11 is 0. The van der Waals surface area contributed by atoms with Gasteiger partial charge in [0, 0.05) is 31.0 Å². The number of carbonyl (C=O) groups is 2. The molecule has 0 saturated carbocycles. The number of aryl methyl sites for hydroxylation is 1. The van der Waals surface area contributed by atoms with Gasteiger partial charge in [0.05, 0.1) is 11.2 Å². The van der Waals surface area contributed by atoms with Crippen molar-refractivity contribution >= 4 is 45.6 Å². The zero-order chi connectivity index (χ0) is 32.1. The van der Waals surface area contributed by atoms with Gasteiger partial charge in [0.1, 0.15) is 29.7 Å². The Morgan fingerprint density at radius 1 is 1.09 bits per heavy atom. The molecule has 0 aliphatic carbocycles. The number of alkyl halides is 3. The van der Waals surface area contributed by atoms with E-state index in [-0.39, 0.29) is 5.91 Å². The van der Waals surface area contributed by atoms with Crippen LogP contribution in [0.2, 0.25) is 0 Å². The first-order valence-electron chi connectivity index (χ1n) is 13.4. The normalized spacial score (nSPS) is 13.1. The van der Waals surface area contributed by atoms with Gasteiger partial charge in [-0.15, -0.1) is 0 Å². The van der Waals surface area contributed by atoms with Gasteiger partial charge in [-0.05, 0) is 67.0 Å². The van der Waals surface area contributed by atoms with Crippen LogP contribution in [0.5, 0.6) is 11.5 Å². The Morgan fingerprint density at radius 3 is 2.62 bits per heavy atom. The number of pyridine rings is 2. The van der Waals surface area contributed by atoms with E-state index in [1.54, 1.807) is 9.42 Å². The highest BCUT2D eigenvalue weighted by molar-refractivity contribution is 5.90. The number of hydrogen-bond donors (Lipinski definition) is 2. The van der Waals surface area contributed by atoms with E-state index >= 15 is 0 Å². The highest BCUT2D eigenvalue weighted by Gasteiger charge is 2.38. The molecule has 4 aromatic heterocycles. The lowest BCUT2D eigenvalue weighted by Crippen LogP contribution is -2.34. The molecular weight excluding hydrogens is 593 g/mol. The fourth-order valence-electron chi connectivity index (χ4n) is 4.42. The summed E-state index contributed by atoms with van der Waals surface area (Å²) in [5, 5.41) is 14.6. The minimum Gasteiger partial charge on any atom is -0.475 e. The zero-order valence-electron chi connectivity index (χ0n) is 23.7. The number of ether oxygens (including phenoxy) is 1. The van der Waals surface area contributed by atoms with Crippen LogP contribution in [0.25, 0.3) is 22.3 Å². The lowest BCUT2D eigenvalue weighted by atomic mass is 10.1. The van der Waals surface area contributed by atoms with Gasteiger partial charge in [-0.25, -0.2) is 29.2 Å².